The average molecular weight is 255 g/mol. The smallest absolute Gasteiger partial charge is 0.270 e. The van der Waals surface area contributed by atoms with Crippen molar-refractivity contribution in [1.29, 1.82) is 0 Å². The van der Waals surface area contributed by atoms with Crippen molar-refractivity contribution < 1.29 is 4.92 Å². The van der Waals surface area contributed by atoms with E-state index in [-0.39, 0.29) is 11.7 Å². The highest BCUT2D eigenvalue weighted by atomic mass is 35.5. The number of nitrogens with one attached hydrogen (secondary N) is 1. The largest absolute Gasteiger partial charge is 0.314 e. The molecular formula is C12H15ClN2O2. The SMILES string of the molecule is CNC(C)/C(C)=C/c1cc([N+](=O)[O-])ccc1Cl. The van der Waals surface area contributed by atoms with Crippen molar-refractivity contribution in [2.24, 2.45) is 0 Å². The quantitative estimate of drug-likeness (QED) is 0.663. The molecule has 1 rings (SSSR count). The van der Waals surface area contributed by atoms with Crippen LogP contribution in [0.5, 0.6) is 0 Å². The summed E-state index contributed by atoms with van der Waals surface area (Å²) in [5.74, 6) is 0. The summed E-state index contributed by atoms with van der Waals surface area (Å²) in [7, 11) is 1.86. The van der Waals surface area contributed by atoms with E-state index in [0.717, 1.165) is 5.57 Å². The van der Waals surface area contributed by atoms with Crippen LogP contribution in [0.2, 0.25) is 5.02 Å². The highest BCUT2D eigenvalue weighted by Crippen LogP contribution is 2.24. The van der Waals surface area contributed by atoms with Crippen LogP contribution in [0, 0.1) is 10.1 Å². The maximum Gasteiger partial charge on any atom is 0.270 e. The lowest BCUT2D eigenvalue weighted by Crippen LogP contribution is -2.21. The summed E-state index contributed by atoms with van der Waals surface area (Å²) in [5.41, 5.74) is 1.78. The topological polar surface area (TPSA) is 55.2 Å². The van der Waals surface area contributed by atoms with E-state index in [0.29, 0.717) is 10.6 Å². The van der Waals surface area contributed by atoms with E-state index in [4.69, 9.17) is 11.6 Å². The molecule has 1 aromatic rings. The molecule has 0 aliphatic carbocycles. The van der Waals surface area contributed by atoms with Crippen LogP contribution in [0.15, 0.2) is 23.8 Å². The van der Waals surface area contributed by atoms with E-state index in [1.165, 1.54) is 12.1 Å². The van der Waals surface area contributed by atoms with Gasteiger partial charge in [0.25, 0.3) is 5.69 Å². The minimum atomic E-state index is -0.426. The fraction of sp³-hybridized carbons (Fsp3) is 0.333. The lowest BCUT2D eigenvalue weighted by Gasteiger charge is -2.11. The van der Waals surface area contributed by atoms with E-state index in [9.17, 15) is 10.1 Å². The van der Waals surface area contributed by atoms with Crippen molar-refractivity contribution >= 4 is 23.4 Å². The molecule has 0 saturated carbocycles. The van der Waals surface area contributed by atoms with Gasteiger partial charge in [-0.05, 0) is 32.5 Å². The van der Waals surface area contributed by atoms with Gasteiger partial charge in [0, 0.05) is 23.2 Å². The van der Waals surface area contributed by atoms with E-state index >= 15 is 0 Å². The third kappa shape index (κ3) is 3.54. The molecule has 0 saturated heterocycles. The Morgan fingerprint density at radius 2 is 2.24 bits per heavy atom. The molecular weight excluding hydrogens is 240 g/mol. The number of rotatable bonds is 4. The molecule has 92 valence electrons. The minimum Gasteiger partial charge on any atom is -0.314 e. The molecule has 5 heteroatoms. The molecule has 0 aliphatic heterocycles. The van der Waals surface area contributed by atoms with Crippen LogP contribution in [0.1, 0.15) is 19.4 Å². The van der Waals surface area contributed by atoms with Crippen LogP contribution in [-0.2, 0) is 0 Å². The van der Waals surface area contributed by atoms with Crippen LogP contribution in [-0.4, -0.2) is 18.0 Å². The number of non-ortho nitro benzene ring substituents is 1. The Labute approximate surface area is 105 Å². The predicted molar refractivity (Wildman–Crippen MR) is 70.3 cm³/mol. The Kier molecular flexibility index (Phi) is 4.66. The van der Waals surface area contributed by atoms with Crippen molar-refractivity contribution in [3.63, 3.8) is 0 Å². The molecule has 0 spiro atoms. The Bertz CT molecular complexity index is 458. The third-order valence-corrected chi connectivity index (χ3v) is 3.03. The maximum absolute atomic E-state index is 10.7. The number of benzene rings is 1. The highest BCUT2D eigenvalue weighted by Gasteiger charge is 2.09. The molecule has 0 aliphatic rings. The number of hydrogen-bond donors (Lipinski definition) is 1. The Hall–Kier alpha value is -1.39. The fourth-order valence-corrected chi connectivity index (χ4v) is 1.53. The number of nitro groups is 1. The van der Waals surface area contributed by atoms with Crippen LogP contribution >= 0.6 is 11.6 Å². The summed E-state index contributed by atoms with van der Waals surface area (Å²) in [6.45, 7) is 3.97. The zero-order valence-corrected chi connectivity index (χ0v) is 10.8. The normalized spacial score (nSPS) is 13.5. The molecule has 1 N–H and O–H groups in total. The van der Waals surface area contributed by atoms with Crippen LogP contribution < -0.4 is 5.32 Å². The standard InChI is InChI=1S/C12H15ClN2O2/c1-8(9(2)14-3)6-10-7-11(15(16)17)4-5-12(10)13/h4-7,9,14H,1-3H3/b8-6+. The minimum absolute atomic E-state index is 0.0468. The van der Waals surface area contributed by atoms with Crippen LogP contribution in [0.4, 0.5) is 5.69 Å². The number of nitro benzene ring substituents is 1. The lowest BCUT2D eigenvalue weighted by molar-refractivity contribution is -0.384. The van der Waals surface area contributed by atoms with Crippen molar-refractivity contribution in [3.8, 4) is 0 Å². The van der Waals surface area contributed by atoms with E-state index in [2.05, 4.69) is 5.32 Å². The summed E-state index contributed by atoms with van der Waals surface area (Å²) in [4.78, 5) is 10.2. The second-order valence-corrected chi connectivity index (χ2v) is 4.27. The van der Waals surface area contributed by atoms with Crippen molar-refractivity contribution in [1.82, 2.24) is 5.32 Å². The lowest BCUT2D eigenvalue weighted by atomic mass is 10.1. The Morgan fingerprint density at radius 3 is 2.76 bits per heavy atom. The van der Waals surface area contributed by atoms with Gasteiger partial charge in [-0.25, -0.2) is 0 Å². The van der Waals surface area contributed by atoms with Crippen LogP contribution in [0.25, 0.3) is 6.08 Å². The number of hydrogen-bond acceptors (Lipinski definition) is 3. The highest BCUT2D eigenvalue weighted by molar-refractivity contribution is 6.32. The van der Waals surface area contributed by atoms with Crippen molar-refractivity contribution in [2.45, 2.75) is 19.9 Å². The first kappa shape index (κ1) is 13.7. The Balaban J connectivity index is 3.13. The molecule has 4 nitrogen and oxygen atoms in total. The van der Waals surface area contributed by atoms with Gasteiger partial charge in [0.2, 0.25) is 0 Å². The molecule has 0 aromatic heterocycles. The first-order chi connectivity index (χ1) is 7.95. The summed E-state index contributed by atoms with van der Waals surface area (Å²) < 4.78 is 0. The second-order valence-electron chi connectivity index (χ2n) is 3.86. The molecule has 1 atom stereocenters. The molecule has 1 aromatic carbocycles. The number of halogens is 1. The van der Waals surface area contributed by atoms with Gasteiger partial charge < -0.3 is 5.32 Å². The van der Waals surface area contributed by atoms with Crippen molar-refractivity contribution in [3.05, 3.63) is 44.5 Å². The van der Waals surface area contributed by atoms with Gasteiger partial charge in [-0.15, -0.1) is 0 Å². The van der Waals surface area contributed by atoms with Gasteiger partial charge in [0.1, 0.15) is 0 Å². The van der Waals surface area contributed by atoms with Gasteiger partial charge in [-0.3, -0.25) is 10.1 Å². The van der Waals surface area contributed by atoms with E-state index < -0.39 is 4.92 Å². The first-order valence-corrected chi connectivity index (χ1v) is 5.63. The molecule has 0 fully saturated rings. The van der Waals surface area contributed by atoms with E-state index in [1.54, 1.807) is 6.07 Å². The zero-order chi connectivity index (χ0) is 13.0. The predicted octanol–water partition coefficient (Wildman–Crippen LogP) is 3.26. The zero-order valence-electron chi connectivity index (χ0n) is 10.0. The molecule has 17 heavy (non-hydrogen) atoms. The summed E-state index contributed by atoms with van der Waals surface area (Å²) in [6.07, 6.45) is 1.86. The van der Waals surface area contributed by atoms with Gasteiger partial charge in [0.15, 0.2) is 0 Å². The monoisotopic (exact) mass is 254 g/mol. The first-order valence-electron chi connectivity index (χ1n) is 5.25. The molecule has 1 unspecified atom stereocenters. The van der Waals surface area contributed by atoms with Crippen molar-refractivity contribution in [2.75, 3.05) is 7.05 Å². The summed E-state index contributed by atoms with van der Waals surface area (Å²) in [5, 5.41) is 14.3. The molecule has 0 radical (unpaired) electrons. The third-order valence-electron chi connectivity index (χ3n) is 2.69. The number of nitrogens with zero attached hydrogens (tertiary/aromatic N) is 1. The summed E-state index contributed by atoms with van der Waals surface area (Å²) >= 11 is 6.01. The molecule has 0 bridgehead atoms. The van der Waals surface area contributed by atoms with Gasteiger partial charge in [0.05, 0.1) is 4.92 Å². The fourth-order valence-electron chi connectivity index (χ4n) is 1.35. The molecule has 0 heterocycles. The van der Waals surface area contributed by atoms with Gasteiger partial charge in [-0.2, -0.15) is 0 Å². The maximum atomic E-state index is 10.7. The Morgan fingerprint density at radius 1 is 1.59 bits per heavy atom. The second kappa shape index (κ2) is 5.80. The number of likely N-dealkylation sites (N-methyl/N-ethyl adjacent to an activating group) is 1. The van der Waals surface area contributed by atoms with Gasteiger partial charge in [-0.1, -0.05) is 23.3 Å². The molecule has 0 amide bonds. The van der Waals surface area contributed by atoms with Crippen LogP contribution in [0.3, 0.4) is 0 Å². The average Bonchev–Trinajstić information content (AvgIpc) is 2.30. The van der Waals surface area contributed by atoms with E-state index in [1.807, 2.05) is 27.0 Å². The van der Waals surface area contributed by atoms with Gasteiger partial charge >= 0.3 is 0 Å². The summed E-state index contributed by atoms with van der Waals surface area (Å²) in [6, 6.07) is 4.62.